The summed E-state index contributed by atoms with van der Waals surface area (Å²) in [7, 11) is 1.61. The molecular weight excluding hydrogens is 328 g/mol. The van der Waals surface area contributed by atoms with E-state index in [1.807, 2.05) is 24.3 Å². The van der Waals surface area contributed by atoms with Crippen molar-refractivity contribution in [3.8, 4) is 5.75 Å². The van der Waals surface area contributed by atoms with Crippen molar-refractivity contribution in [3.63, 3.8) is 0 Å². The standard InChI is InChI=1S/C17H24N2O2S2/c1-5-6-11-18-15(17(2,3)23-16(18)22)19(20)12-13-9-7-8-10-14(13)21-4/h7-10,12,15H,5-6,11H2,1-4H3/b19-12-. The van der Waals surface area contributed by atoms with Crippen LogP contribution in [0, 0.1) is 5.21 Å². The van der Waals surface area contributed by atoms with E-state index in [-0.39, 0.29) is 10.9 Å². The van der Waals surface area contributed by atoms with Crippen LogP contribution in [0.1, 0.15) is 39.2 Å². The highest BCUT2D eigenvalue weighted by Gasteiger charge is 2.50. The topological polar surface area (TPSA) is 38.5 Å². The van der Waals surface area contributed by atoms with Crippen molar-refractivity contribution in [2.45, 2.75) is 44.5 Å². The molecule has 1 atom stereocenters. The first kappa shape index (κ1) is 18.1. The molecule has 1 aliphatic heterocycles. The van der Waals surface area contributed by atoms with Crippen molar-refractivity contribution in [1.82, 2.24) is 4.90 Å². The molecule has 23 heavy (non-hydrogen) atoms. The van der Waals surface area contributed by atoms with Crippen LogP contribution in [-0.2, 0) is 0 Å². The van der Waals surface area contributed by atoms with E-state index in [1.165, 1.54) is 0 Å². The lowest BCUT2D eigenvalue weighted by Gasteiger charge is -2.29. The number of thioether (sulfide) groups is 1. The summed E-state index contributed by atoms with van der Waals surface area (Å²) in [6.07, 6.45) is 3.40. The largest absolute Gasteiger partial charge is 0.622 e. The Balaban J connectivity index is 2.35. The molecule has 0 aromatic heterocycles. The van der Waals surface area contributed by atoms with Gasteiger partial charge in [-0.05, 0) is 32.4 Å². The fourth-order valence-electron chi connectivity index (χ4n) is 2.78. The minimum Gasteiger partial charge on any atom is -0.622 e. The number of unbranched alkanes of at least 4 members (excludes halogenated alkanes) is 1. The van der Waals surface area contributed by atoms with Gasteiger partial charge in [0.2, 0.25) is 0 Å². The van der Waals surface area contributed by atoms with Crippen LogP contribution in [0.15, 0.2) is 24.3 Å². The van der Waals surface area contributed by atoms with Gasteiger partial charge >= 0.3 is 0 Å². The Bertz CT molecular complexity index is 602. The number of nitrogens with zero attached hydrogens (tertiary/aromatic N) is 2. The predicted molar refractivity (Wildman–Crippen MR) is 101 cm³/mol. The lowest BCUT2D eigenvalue weighted by molar-refractivity contribution is -0.523. The van der Waals surface area contributed by atoms with Gasteiger partial charge in [0.05, 0.1) is 12.7 Å². The van der Waals surface area contributed by atoms with Gasteiger partial charge in [-0.1, -0.05) is 49.5 Å². The minimum atomic E-state index is -0.309. The molecule has 1 aliphatic rings. The molecule has 2 rings (SSSR count). The number of hydrogen-bond donors (Lipinski definition) is 0. The fraction of sp³-hybridized carbons (Fsp3) is 0.529. The first-order chi connectivity index (χ1) is 10.9. The summed E-state index contributed by atoms with van der Waals surface area (Å²) in [6.45, 7) is 7.10. The molecule has 1 unspecified atom stereocenters. The van der Waals surface area contributed by atoms with Crippen LogP contribution in [0.4, 0.5) is 0 Å². The Hall–Kier alpha value is -1.27. The minimum absolute atomic E-state index is 0.259. The third-order valence-corrected chi connectivity index (χ3v) is 5.53. The van der Waals surface area contributed by atoms with E-state index in [2.05, 4.69) is 25.7 Å². The highest BCUT2D eigenvalue weighted by molar-refractivity contribution is 8.24. The van der Waals surface area contributed by atoms with E-state index in [0.717, 1.165) is 34.0 Å². The van der Waals surface area contributed by atoms with Crippen LogP contribution in [-0.4, -0.2) is 44.7 Å². The fourth-order valence-corrected chi connectivity index (χ4v) is 4.71. The number of para-hydroxylation sites is 1. The van der Waals surface area contributed by atoms with Crippen molar-refractivity contribution < 1.29 is 9.48 Å². The molecule has 1 aromatic rings. The second kappa shape index (κ2) is 7.53. The monoisotopic (exact) mass is 352 g/mol. The van der Waals surface area contributed by atoms with Crippen LogP contribution in [0.25, 0.3) is 0 Å². The zero-order valence-corrected chi connectivity index (χ0v) is 15.7. The summed E-state index contributed by atoms with van der Waals surface area (Å²) in [6, 6.07) is 7.53. The Kier molecular flexibility index (Phi) is 5.92. The van der Waals surface area contributed by atoms with E-state index in [4.69, 9.17) is 17.0 Å². The zero-order chi connectivity index (χ0) is 17.0. The van der Waals surface area contributed by atoms with E-state index in [0.29, 0.717) is 5.75 Å². The summed E-state index contributed by atoms with van der Waals surface area (Å²) in [4.78, 5) is 2.06. The molecule has 0 aliphatic carbocycles. The van der Waals surface area contributed by atoms with Gasteiger partial charge in [-0.2, -0.15) is 4.74 Å². The number of hydroxylamine groups is 1. The average molecular weight is 353 g/mol. The molecule has 4 nitrogen and oxygen atoms in total. The smallest absolute Gasteiger partial charge is 0.254 e. The zero-order valence-electron chi connectivity index (χ0n) is 14.1. The SMILES string of the molecule is CCCCN1C(=S)SC(C)(C)C1/[N+]([O-])=C/c1ccccc1OC. The third kappa shape index (κ3) is 3.98. The Labute approximate surface area is 148 Å². The number of benzene rings is 1. The van der Waals surface area contributed by atoms with Gasteiger partial charge in [-0.25, -0.2) is 0 Å². The molecule has 1 fully saturated rings. The molecule has 1 saturated heterocycles. The third-order valence-electron chi connectivity index (χ3n) is 3.90. The highest BCUT2D eigenvalue weighted by atomic mass is 32.2. The van der Waals surface area contributed by atoms with Crippen LogP contribution in [0.3, 0.4) is 0 Å². The first-order valence-electron chi connectivity index (χ1n) is 7.83. The second-order valence-corrected chi connectivity index (χ2v) is 8.41. The van der Waals surface area contributed by atoms with Gasteiger partial charge in [0.15, 0.2) is 6.21 Å². The first-order valence-corrected chi connectivity index (χ1v) is 9.06. The van der Waals surface area contributed by atoms with Gasteiger partial charge in [0, 0.05) is 6.54 Å². The van der Waals surface area contributed by atoms with Crippen molar-refractivity contribution in [2.24, 2.45) is 0 Å². The molecule has 1 heterocycles. The van der Waals surface area contributed by atoms with Gasteiger partial charge in [-0.3, -0.25) is 4.90 Å². The molecule has 0 bridgehead atoms. The number of methoxy groups -OCH3 is 1. The quantitative estimate of drug-likeness (QED) is 0.255. The summed E-state index contributed by atoms with van der Waals surface area (Å²) < 4.78 is 6.91. The lowest BCUT2D eigenvalue weighted by Crippen LogP contribution is -2.48. The summed E-state index contributed by atoms with van der Waals surface area (Å²) in [5.74, 6) is 0.694. The highest BCUT2D eigenvalue weighted by Crippen LogP contribution is 2.41. The van der Waals surface area contributed by atoms with Crippen LogP contribution in [0.5, 0.6) is 5.75 Å². The average Bonchev–Trinajstić information content (AvgIpc) is 2.74. The molecule has 0 saturated carbocycles. The summed E-state index contributed by atoms with van der Waals surface area (Å²) in [5.41, 5.74) is 0.777. The van der Waals surface area contributed by atoms with Gasteiger partial charge < -0.3 is 9.94 Å². The van der Waals surface area contributed by atoms with Crippen molar-refractivity contribution in [2.75, 3.05) is 13.7 Å². The number of thiocarbonyl (C=S) groups is 1. The molecular formula is C17H24N2O2S2. The van der Waals surface area contributed by atoms with Crippen molar-refractivity contribution in [3.05, 3.63) is 35.0 Å². The molecule has 6 heteroatoms. The Morgan fingerprint density at radius 3 is 2.78 bits per heavy atom. The predicted octanol–water partition coefficient (Wildman–Crippen LogP) is 3.86. The van der Waals surface area contributed by atoms with Crippen molar-refractivity contribution >= 4 is 34.5 Å². The van der Waals surface area contributed by atoms with E-state index in [9.17, 15) is 5.21 Å². The van der Waals surface area contributed by atoms with Gasteiger partial charge in [-0.15, -0.1) is 0 Å². The Morgan fingerprint density at radius 2 is 2.13 bits per heavy atom. The Morgan fingerprint density at radius 1 is 1.43 bits per heavy atom. The lowest BCUT2D eigenvalue weighted by atomic mass is 10.1. The molecule has 126 valence electrons. The molecule has 0 spiro atoms. The normalized spacial score (nSPS) is 20.9. The molecule has 0 amide bonds. The van der Waals surface area contributed by atoms with Gasteiger partial charge in [0.1, 0.15) is 14.8 Å². The van der Waals surface area contributed by atoms with Crippen molar-refractivity contribution in [1.29, 1.82) is 0 Å². The summed E-state index contributed by atoms with van der Waals surface area (Å²) in [5, 5.41) is 12.9. The van der Waals surface area contributed by atoms with Crippen LogP contribution in [0.2, 0.25) is 0 Å². The maximum atomic E-state index is 12.9. The summed E-state index contributed by atoms with van der Waals surface area (Å²) >= 11 is 7.10. The van der Waals surface area contributed by atoms with Crippen LogP contribution < -0.4 is 4.74 Å². The van der Waals surface area contributed by atoms with E-state index in [1.54, 1.807) is 25.1 Å². The van der Waals surface area contributed by atoms with Gasteiger partial charge in [0.25, 0.3) is 6.17 Å². The molecule has 0 N–H and O–H groups in total. The molecule has 0 radical (unpaired) electrons. The molecule has 1 aromatic carbocycles. The number of rotatable bonds is 6. The second-order valence-electron chi connectivity index (χ2n) is 6.12. The number of hydrogen-bond acceptors (Lipinski definition) is 4. The maximum absolute atomic E-state index is 12.9. The van der Waals surface area contributed by atoms with Crippen LogP contribution >= 0.6 is 24.0 Å². The maximum Gasteiger partial charge on any atom is 0.254 e. The van der Waals surface area contributed by atoms with E-state index < -0.39 is 0 Å². The van der Waals surface area contributed by atoms with E-state index >= 15 is 0 Å². The number of ether oxygens (including phenoxy) is 1.